The molecule has 0 saturated carbocycles. The van der Waals surface area contributed by atoms with E-state index in [9.17, 15) is 4.79 Å². The van der Waals surface area contributed by atoms with Crippen LogP contribution in [0.5, 0.6) is 0 Å². The van der Waals surface area contributed by atoms with Gasteiger partial charge in [0.15, 0.2) is 5.76 Å². The third-order valence-corrected chi connectivity index (χ3v) is 1.46. The molecule has 15 heavy (non-hydrogen) atoms. The largest absolute Gasteiger partial charge is 0.484 e. The summed E-state index contributed by atoms with van der Waals surface area (Å²) in [7, 11) is 0. The average molecular weight is 218 g/mol. The Kier molecular flexibility index (Phi) is 8.81. The third kappa shape index (κ3) is 6.93. The highest BCUT2D eigenvalue weighted by atomic mass is 16.6. The molecule has 0 aromatic rings. The van der Waals surface area contributed by atoms with Gasteiger partial charge in [-0.25, -0.2) is 4.79 Å². The summed E-state index contributed by atoms with van der Waals surface area (Å²) in [6.45, 7) is 4.59. The Morgan fingerprint density at radius 1 is 1.27 bits per heavy atom. The molecule has 0 atom stereocenters. The average Bonchev–Trinajstić information content (AvgIpc) is 2.23. The van der Waals surface area contributed by atoms with Crippen LogP contribution >= 0.6 is 0 Å². The lowest BCUT2D eigenvalue weighted by atomic mass is 10.4. The minimum atomic E-state index is -0.470. The van der Waals surface area contributed by atoms with Gasteiger partial charge in [0, 0.05) is 0 Å². The van der Waals surface area contributed by atoms with Gasteiger partial charge in [-0.1, -0.05) is 0 Å². The molecular formula is C10H18O5. The SMILES string of the molecule is CC=C(OCCOCCO)C(=O)OCC. The molecule has 0 bridgehead atoms. The van der Waals surface area contributed by atoms with Crippen LogP contribution < -0.4 is 0 Å². The smallest absolute Gasteiger partial charge is 0.373 e. The van der Waals surface area contributed by atoms with Crippen LogP contribution in [0.15, 0.2) is 11.8 Å². The summed E-state index contributed by atoms with van der Waals surface area (Å²) < 4.78 is 14.9. The molecule has 0 aliphatic carbocycles. The van der Waals surface area contributed by atoms with Gasteiger partial charge < -0.3 is 19.3 Å². The molecule has 0 fully saturated rings. The van der Waals surface area contributed by atoms with Crippen LogP contribution in [0.1, 0.15) is 13.8 Å². The van der Waals surface area contributed by atoms with Crippen LogP contribution in [0.3, 0.4) is 0 Å². The van der Waals surface area contributed by atoms with Gasteiger partial charge in [-0.2, -0.15) is 0 Å². The molecule has 0 heterocycles. The first-order valence-corrected chi connectivity index (χ1v) is 4.91. The molecular weight excluding hydrogens is 200 g/mol. The molecule has 0 aliphatic heterocycles. The zero-order valence-electron chi connectivity index (χ0n) is 9.19. The Bertz CT molecular complexity index is 200. The lowest BCUT2D eigenvalue weighted by Crippen LogP contribution is -2.14. The van der Waals surface area contributed by atoms with Crippen molar-refractivity contribution < 1.29 is 24.1 Å². The van der Waals surface area contributed by atoms with Crippen LogP contribution in [-0.2, 0) is 19.0 Å². The Morgan fingerprint density at radius 2 is 2.00 bits per heavy atom. The van der Waals surface area contributed by atoms with Crippen molar-refractivity contribution >= 4 is 5.97 Å². The molecule has 0 aliphatic rings. The van der Waals surface area contributed by atoms with Gasteiger partial charge in [0.25, 0.3) is 0 Å². The molecule has 1 N–H and O–H groups in total. The van der Waals surface area contributed by atoms with E-state index >= 15 is 0 Å². The molecule has 0 aromatic carbocycles. The Hall–Kier alpha value is -1.07. The van der Waals surface area contributed by atoms with Gasteiger partial charge >= 0.3 is 5.97 Å². The first-order valence-electron chi connectivity index (χ1n) is 4.91. The second-order valence-electron chi connectivity index (χ2n) is 2.56. The normalized spacial score (nSPS) is 11.3. The summed E-state index contributed by atoms with van der Waals surface area (Å²) in [5.41, 5.74) is 0. The predicted molar refractivity (Wildman–Crippen MR) is 54.2 cm³/mol. The zero-order valence-corrected chi connectivity index (χ0v) is 9.19. The molecule has 0 aromatic heterocycles. The number of esters is 1. The van der Waals surface area contributed by atoms with Crippen LogP contribution in [0.4, 0.5) is 0 Å². The monoisotopic (exact) mass is 218 g/mol. The first kappa shape index (κ1) is 13.9. The minimum Gasteiger partial charge on any atom is -0.484 e. The lowest BCUT2D eigenvalue weighted by Gasteiger charge is -2.08. The molecule has 5 heteroatoms. The summed E-state index contributed by atoms with van der Waals surface area (Å²) in [6.07, 6.45) is 1.55. The third-order valence-electron chi connectivity index (χ3n) is 1.46. The van der Waals surface area contributed by atoms with E-state index in [-0.39, 0.29) is 25.6 Å². The fourth-order valence-corrected chi connectivity index (χ4v) is 0.839. The molecule has 0 unspecified atom stereocenters. The maximum absolute atomic E-state index is 11.2. The van der Waals surface area contributed by atoms with Crippen LogP contribution in [0.2, 0.25) is 0 Å². The van der Waals surface area contributed by atoms with Gasteiger partial charge in [-0.3, -0.25) is 0 Å². The second kappa shape index (κ2) is 9.48. The number of carbonyl (C=O) groups excluding carboxylic acids is 1. The van der Waals surface area contributed by atoms with Crippen molar-refractivity contribution in [3.8, 4) is 0 Å². The number of ether oxygens (including phenoxy) is 3. The number of allylic oxidation sites excluding steroid dienone is 1. The van der Waals surface area contributed by atoms with E-state index in [1.807, 2.05) is 0 Å². The highest BCUT2D eigenvalue weighted by Crippen LogP contribution is 2.00. The van der Waals surface area contributed by atoms with Crippen molar-refractivity contribution in [2.45, 2.75) is 13.8 Å². The zero-order chi connectivity index (χ0) is 11.5. The van der Waals surface area contributed by atoms with E-state index in [1.54, 1.807) is 19.9 Å². The fraction of sp³-hybridized carbons (Fsp3) is 0.700. The predicted octanol–water partition coefficient (Wildman–Crippen LogP) is 0.479. The van der Waals surface area contributed by atoms with Crippen molar-refractivity contribution in [1.82, 2.24) is 0 Å². The van der Waals surface area contributed by atoms with Crippen LogP contribution in [0, 0.1) is 0 Å². The van der Waals surface area contributed by atoms with Gasteiger partial charge in [0.1, 0.15) is 6.61 Å². The van der Waals surface area contributed by atoms with E-state index in [1.165, 1.54) is 0 Å². The van der Waals surface area contributed by atoms with Crippen molar-refractivity contribution in [1.29, 1.82) is 0 Å². The summed E-state index contributed by atoms with van der Waals surface area (Å²) in [5, 5.41) is 8.43. The first-order chi connectivity index (χ1) is 7.26. The van der Waals surface area contributed by atoms with E-state index in [0.717, 1.165) is 0 Å². The van der Waals surface area contributed by atoms with E-state index in [4.69, 9.17) is 19.3 Å². The molecule has 0 spiro atoms. The Balaban J connectivity index is 3.67. The highest BCUT2D eigenvalue weighted by molar-refractivity contribution is 5.86. The molecule has 0 rings (SSSR count). The van der Waals surface area contributed by atoms with Crippen molar-refractivity contribution in [3.63, 3.8) is 0 Å². The quantitative estimate of drug-likeness (QED) is 0.278. The summed E-state index contributed by atoms with van der Waals surface area (Å²) in [6, 6.07) is 0. The molecule has 88 valence electrons. The Morgan fingerprint density at radius 3 is 2.53 bits per heavy atom. The fourth-order valence-electron chi connectivity index (χ4n) is 0.839. The number of aliphatic hydroxyl groups excluding tert-OH is 1. The van der Waals surface area contributed by atoms with E-state index in [0.29, 0.717) is 13.2 Å². The van der Waals surface area contributed by atoms with Crippen LogP contribution in [0.25, 0.3) is 0 Å². The molecule has 0 amide bonds. The number of hydrogen-bond acceptors (Lipinski definition) is 5. The number of hydrogen-bond donors (Lipinski definition) is 1. The standard InChI is InChI=1S/C10H18O5/c1-3-9(10(12)14-4-2)15-8-7-13-6-5-11/h3,11H,4-8H2,1-2H3. The number of rotatable bonds is 8. The Labute approximate surface area is 89.6 Å². The topological polar surface area (TPSA) is 65.0 Å². The number of aliphatic hydroxyl groups is 1. The molecule has 0 saturated heterocycles. The van der Waals surface area contributed by atoms with E-state index < -0.39 is 5.97 Å². The van der Waals surface area contributed by atoms with Crippen molar-refractivity contribution in [2.75, 3.05) is 33.0 Å². The molecule has 5 nitrogen and oxygen atoms in total. The van der Waals surface area contributed by atoms with Gasteiger partial charge in [0.05, 0.1) is 26.4 Å². The minimum absolute atomic E-state index is 0.0195. The maximum Gasteiger partial charge on any atom is 0.373 e. The molecule has 0 radical (unpaired) electrons. The highest BCUT2D eigenvalue weighted by Gasteiger charge is 2.09. The van der Waals surface area contributed by atoms with Gasteiger partial charge in [-0.05, 0) is 19.9 Å². The van der Waals surface area contributed by atoms with E-state index in [2.05, 4.69) is 0 Å². The summed E-state index contributed by atoms with van der Waals surface area (Å²) in [5.74, 6) is -0.286. The number of carbonyl (C=O) groups is 1. The second-order valence-corrected chi connectivity index (χ2v) is 2.56. The lowest BCUT2D eigenvalue weighted by molar-refractivity contribution is -0.142. The summed E-state index contributed by atoms with van der Waals surface area (Å²) >= 11 is 0. The van der Waals surface area contributed by atoms with Gasteiger partial charge in [-0.15, -0.1) is 0 Å². The van der Waals surface area contributed by atoms with Crippen molar-refractivity contribution in [3.05, 3.63) is 11.8 Å². The van der Waals surface area contributed by atoms with Gasteiger partial charge in [0.2, 0.25) is 0 Å². The van der Waals surface area contributed by atoms with Crippen LogP contribution in [-0.4, -0.2) is 44.1 Å². The summed E-state index contributed by atoms with van der Waals surface area (Å²) in [4.78, 5) is 11.2. The van der Waals surface area contributed by atoms with Crippen molar-refractivity contribution in [2.24, 2.45) is 0 Å². The maximum atomic E-state index is 11.2.